The maximum atomic E-state index is 12.7. The average molecular weight is 366 g/mol. The van der Waals surface area contributed by atoms with Crippen LogP contribution in [0.15, 0.2) is 24.3 Å². The Labute approximate surface area is 149 Å². The molecular formula is C18H26N2O4S. The van der Waals surface area contributed by atoms with E-state index in [2.05, 4.69) is 0 Å². The lowest BCUT2D eigenvalue weighted by molar-refractivity contribution is -0.135. The van der Waals surface area contributed by atoms with Gasteiger partial charge in [0, 0.05) is 31.6 Å². The first-order valence-corrected chi connectivity index (χ1v) is 10.5. The average Bonchev–Trinajstić information content (AvgIpc) is 2.96. The summed E-state index contributed by atoms with van der Waals surface area (Å²) in [7, 11) is -3.28. The molecule has 0 saturated carbocycles. The number of aliphatic hydroxyl groups excluding tert-OH is 1. The van der Waals surface area contributed by atoms with Crippen molar-refractivity contribution in [1.29, 1.82) is 0 Å². The summed E-state index contributed by atoms with van der Waals surface area (Å²) < 4.78 is 25.2. The van der Waals surface area contributed by atoms with E-state index >= 15 is 0 Å². The topological polar surface area (TPSA) is 77.9 Å². The summed E-state index contributed by atoms with van der Waals surface area (Å²) >= 11 is 0. The van der Waals surface area contributed by atoms with Gasteiger partial charge in [-0.05, 0) is 24.8 Å². The van der Waals surface area contributed by atoms with Gasteiger partial charge in [0.2, 0.25) is 15.9 Å². The van der Waals surface area contributed by atoms with Crippen LogP contribution in [0.5, 0.6) is 0 Å². The first-order chi connectivity index (χ1) is 11.7. The molecule has 2 saturated heterocycles. The Morgan fingerprint density at radius 1 is 1.28 bits per heavy atom. The number of aliphatic hydroxyl groups is 1. The first kappa shape index (κ1) is 18.4. The molecule has 6 nitrogen and oxygen atoms in total. The molecule has 2 heterocycles. The second kappa shape index (κ2) is 6.70. The molecule has 1 aromatic rings. The fraction of sp³-hybridized carbons (Fsp3) is 0.611. The molecule has 138 valence electrons. The molecule has 3 rings (SSSR count). The number of piperidine rings is 1. The minimum Gasteiger partial charge on any atom is -0.396 e. The number of aryl methyl sites for hydroxylation is 1. The van der Waals surface area contributed by atoms with E-state index in [4.69, 9.17) is 0 Å². The summed E-state index contributed by atoms with van der Waals surface area (Å²) in [5, 5.41) is 10.00. The third-order valence-electron chi connectivity index (χ3n) is 5.65. The van der Waals surface area contributed by atoms with E-state index in [-0.39, 0.29) is 18.4 Å². The smallest absolute Gasteiger partial charge is 0.227 e. The number of hydrogen-bond donors (Lipinski definition) is 1. The van der Waals surface area contributed by atoms with Crippen LogP contribution in [0.1, 0.15) is 17.5 Å². The SMILES string of the molecule is Cc1ccc(CC(=O)N2CC[C@H]3CN(S(C)(=O)=O)C[C@@]3(CO)C2)cc1. The minimum absolute atomic E-state index is 0.0351. The highest BCUT2D eigenvalue weighted by atomic mass is 32.2. The van der Waals surface area contributed by atoms with Crippen molar-refractivity contribution in [3.05, 3.63) is 35.4 Å². The lowest BCUT2D eigenvalue weighted by Gasteiger charge is -2.43. The Morgan fingerprint density at radius 2 is 1.96 bits per heavy atom. The zero-order valence-corrected chi connectivity index (χ0v) is 15.6. The Kier molecular flexibility index (Phi) is 4.92. The summed E-state index contributed by atoms with van der Waals surface area (Å²) in [6.07, 6.45) is 2.27. The maximum absolute atomic E-state index is 12.7. The number of likely N-dealkylation sites (tertiary alicyclic amines) is 1. The zero-order chi connectivity index (χ0) is 18.2. The summed E-state index contributed by atoms with van der Waals surface area (Å²) in [4.78, 5) is 14.5. The van der Waals surface area contributed by atoms with Gasteiger partial charge in [-0.25, -0.2) is 12.7 Å². The predicted octanol–water partition coefficient (Wildman–Crippen LogP) is 0.640. The third-order valence-corrected chi connectivity index (χ3v) is 6.86. The van der Waals surface area contributed by atoms with Crippen LogP contribution in [0.2, 0.25) is 0 Å². The number of carbonyl (C=O) groups excluding carboxylic acids is 1. The largest absolute Gasteiger partial charge is 0.396 e. The van der Waals surface area contributed by atoms with Crippen molar-refractivity contribution >= 4 is 15.9 Å². The number of amides is 1. The second-order valence-corrected chi connectivity index (χ2v) is 9.52. The van der Waals surface area contributed by atoms with Crippen molar-refractivity contribution in [2.75, 3.05) is 39.0 Å². The van der Waals surface area contributed by atoms with Crippen molar-refractivity contribution in [3.8, 4) is 0 Å². The van der Waals surface area contributed by atoms with Gasteiger partial charge in [-0.3, -0.25) is 4.79 Å². The summed E-state index contributed by atoms with van der Waals surface area (Å²) in [6.45, 7) is 3.69. The molecule has 0 unspecified atom stereocenters. The molecule has 2 atom stereocenters. The van der Waals surface area contributed by atoms with E-state index in [1.807, 2.05) is 31.2 Å². The van der Waals surface area contributed by atoms with Gasteiger partial charge in [0.15, 0.2) is 0 Å². The van der Waals surface area contributed by atoms with Crippen LogP contribution in [0.4, 0.5) is 0 Å². The number of benzene rings is 1. The van der Waals surface area contributed by atoms with Crippen molar-refractivity contribution < 1.29 is 18.3 Å². The van der Waals surface area contributed by atoms with Crippen molar-refractivity contribution in [2.24, 2.45) is 11.3 Å². The van der Waals surface area contributed by atoms with Crippen LogP contribution in [-0.4, -0.2) is 67.7 Å². The number of nitrogens with zero attached hydrogens (tertiary/aromatic N) is 2. The Balaban J connectivity index is 1.71. The molecule has 2 aliphatic rings. The molecule has 1 N–H and O–H groups in total. The van der Waals surface area contributed by atoms with Crippen LogP contribution >= 0.6 is 0 Å². The molecule has 25 heavy (non-hydrogen) atoms. The number of rotatable bonds is 4. The molecule has 2 fully saturated rings. The number of hydrogen-bond acceptors (Lipinski definition) is 4. The molecule has 1 amide bonds. The van der Waals surface area contributed by atoms with Gasteiger partial charge in [-0.2, -0.15) is 0 Å². The van der Waals surface area contributed by atoms with Crippen LogP contribution in [0.25, 0.3) is 0 Å². The highest BCUT2D eigenvalue weighted by Gasteiger charge is 2.52. The van der Waals surface area contributed by atoms with E-state index in [1.54, 1.807) is 4.90 Å². The summed E-state index contributed by atoms with van der Waals surface area (Å²) in [6, 6.07) is 7.90. The fourth-order valence-electron chi connectivity index (χ4n) is 4.02. The van der Waals surface area contributed by atoms with Crippen molar-refractivity contribution in [1.82, 2.24) is 9.21 Å². The molecule has 0 bridgehead atoms. The fourth-order valence-corrected chi connectivity index (χ4v) is 4.96. The van der Waals surface area contributed by atoms with E-state index in [9.17, 15) is 18.3 Å². The van der Waals surface area contributed by atoms with Gasteiger partial charge in [0.25, 0.3) is 0 Å². The number of carbonyl (C=O) groups is 1. The highest BCUT2D eigenvalue weighted by Crippen LogP contribution is 2.42. The molecule has 2 aliphatic heterocycles. The molecule has 0 spiro atoms. The van der Waals surface area contributed by atoms with Gasteiger partial charge < -0.3 is 10.0 Å². The van der Waals surface area contributed by atoms with Crippen LogP contribution in [0, 0.1) is 18.3 Å². The monoisotopic (exact) mass is 366 g/mol. The predicted molar refractivity (Wildman–Crippen MR) is 95.5 cm³/mol. The van der Waals surface area contributed by atoms with Crippen molar-refractivity contribution in [2.45, 2.75) is 19.8 Å². The van der Waals surface area contributed by atoms with E-state index < -0.39 is 15.4 Å². The summed E-state index contributed by atoms with van der Waals surface area (Å²) in [5.74, 6) is 0.142. The molecule has 0 aliphatic carbocycles. The third kappa shape index (κ3) is 3.73. The lowest BCUT2D eigenvalue weighted by atomic mass is 9.74. The van der Waals surface area contributed by atoms with E-state index in [0.717, 1.165) is 17.5 Å². The molecular weight excluding hydrogens is 340 g/mol. The first-order valence-electron chi connectivity index (χ1n) is 8.63. The normalized spacial score (nSPS) is 27.3. The van der Waals surface area contributed by atoms with E-state index in [0.29, 0.717) is 32.6 Å². The number of fused-ring (bicyclic) bond motifs is 1. The van der Waals surface area contributed by atoms with Crippen LogP contribution in [-0.2, 0) is 21.2 Å². The van der Waals surface area contributed by atoms with Gasteiger partial charge in [-0.1, -0.05) is 29.8 Å². The minimum atomic E-state index is -3.28. The van der Waals surface area contributed by atoms with E-state index in [1.165, 1.54) is 10.6 Å². The molecule has 0 radical (unpaired) electrons. The standard InChI is InChI=1S/C18H26N2O4S/c1-14-3-5-15(6-4-14)9-17(22)19-8-7-16-10-20(25(2,23)24)12-18(16,11-19)13-21/h3-6,16,21H,7-13H2,1-2H3/t16-,18+/m0/s1. The zero-order valence-electron chi connectivity index (χ0n) is 14.8. The molecule has 7 heteroatoms. The number of sulfonamides is 1. The van der Waals surface area contributed by atoms with Crippen LogP contribution in [0.3, 0.4) is 0 Å². The second-order valence-electron chi connectivity index (χ2n) is 7.54. The quantitative estimate of drug-likeness (QED) is 0.848. The highest BCUT2D eigenvalue weighted by molar-refractivity contribution is 7.88. The van der Waals surface area contributed by atoms with Gasteiger partial charge in [0.05, 0.1) is 19.3 Å². The van der Waals surface area contributed by atoms with Crippen LogP contribution < -0.4 is 0 Å². The molecule has 0 aromatic heterocycles. The van der Waals surface area contributed by atoms with Gasteiger partial charge >= 0.3 is 0 Å². The summed E-state index contributed by atoms with van der Waals surface area (Å²) in [5.41, 5.74) is 1.59. The Hall–Kier alpha value is -1.44. The van der Waals surface area contributed by atoms with Gasteiger partial charge in [0.1, 0.15) is 0 Å². The van der Waals surface area contributed by atoms with Crippen molar-refractivity contribution in [3.63, 3.8) is 0 Å². The molecule has 1 aromatic carbocycles. The lowest BCUT2D eigenvalue weighted by Crippen LogP contribution is -2.53. The Bertz CT molecular complexity index is 747. The van der Waals surface area contributed by atoms with Gasteiger partial charge in [-0.15, -0.1) is 0 Å². The Morgan fingerprint density at radius 3 is 2.56 bits per heavy atom. The maximum Gasteiger partial charge on any atom is 0.227 e.